The fourth-order valence-electron chi connectivity index (χ4n) is 2.56. The summed E-state index contributed by atoms with van der Waals surface area (Å²) in [7, 11) is 0. The molecule has 25 heavy (non-hydrogen) atoms. The van der Waals surface area contributed by atoms with Crippen LogP contribution in [-0.4, -0.2) is 45.8 Å². The average Bonchev–Trinajstić information content (AvgIpc) is 3.31. The Labute approximate surface area is 153 Å². The van der Waals surface area contributed by atoms with Crippen molar-refractivity contribution in [3.8, 4) is 0 Å². The summed E-state index contributed by atoms with van der Waals surface area (Å²) in [5, 5.41) is 11.3. The van der Waals surface area contributed by atoms with Gasteiger partial charge in [0.25, 0.3) is 5.91 Å². The van der Waals surface area contributed by atoms with E-state index in [9.17, 15) is 9.59 Å². The van der Waals surface area contributed by atoms with Crippen molar-refractivity contribution in [3.63, 3.8) is 0 Å². The number of likely N-dealkylation sites (tertiary alicyclic amines) is 1. The maximum atomic E-state index is 12.4. The highest BCUT2D eigenvalue weighted by atomic mass is 32.2. The van der Waals surface area contributed by atoms with Crippen molar-refractivity contribution in [2.75, 3.05) is 24.2 Å². The minimum Gasteiger partial charge on any atom is -0.459 e. The van der Waals surface area contributed by atoms with Gasteiger partial charge in [-0.3, -0.25) is 9.59 Å². The summed E-state index contributed by atoms with van der Waals surface area (Å²) >= 11 is 2.88. The van der Waals surface area contributed by atoms with E-state index in [1.807, 2.05) is 0 Å². The van der Waals surface area contributed by atoms with Crippen molar-refractivity contribution in [1.29, 1.82) is 0 Å². The van der Waals surface area contributed by atoms with Gasteiger partial charge < -0.3 is 14.6 Å². The molecule has 2 amide bonds. The maximum Gasteiger partial charge on any atom is 0.289 e. The van der Waals surface area contributed by atoms with E-state index < -0.39 is 0 Å². The molecule has 1 aliphatic heterocycles. The zero-order chi connectivity index (χ0) is 17.6. The Morgan fingerprint density at radius 2 is 2.24 bits per heavy atom. The van der Waals surface area contributed by atoms with Gasteiger partial charge in [0, 0.05) is 24.8 Å². The summed E-state index contributed by atoms with van der Waals surface area (Å²) in [5.74, 6) is 0.763. The van der Waals surface area contributed by atoms with Crippen LogP contribution in [0, 0.1) is 5.92 Å². The number of carbonyl (C=O) groups excluding carboxylic acids is 2. The highest BCUT2D eigenvalue weighted by Gasteiger charge is 2.29. The van der Waals surface area contributed by atoms with E-state index in [4.69, 9.17) is 4.42 Å². The van der Waals surface area contributed by atoms with Crippen LogP contribution in [0.1, 0.15) is 23.4 Å². The number of hydrogen-bond acceptors (Lipinski definition) is 7. The van der Waals surface area contributed by atoms with Crippen molar-refractivity contribution < 1.29 is 14.0 Å². The van der Waals surface area contributed by atoms with Gasteiger partial charge >= 0.3 is 0 Å². The van der Waals surface area contributed by atoms with Crippen LogP contribution in [0.5, 0.6) is 0 Å². The standard InChI is InChI=1S/C16H18N4O3S2/c1-2-10-24-16-19-18-15(25-16)17-13(21)11-5-7-20(8-6-11)14(22)12-4-3-9-23-12/h2-4,9,11H,1,5-8,10H2,(H,17,18,21). The van der Waals surface area contributed by atoms with Crippen LogP contribution in [0.4, 0.5) is 5.13 Å². The van der Waals surface area contributed by atoms with E-state index in [1.54, 1.807) is 23.1 Å². The fourth-order valence-corrected chi connectivity index (χ4v) is 4.07. The number of furan rings is 1. The molecule has 0 aromatic carbocycles. The summed E-state index contributed by atoms with van der Waals surface area (Å²) < 4.78 is 5.94. The molecule has 0 aliphatic carbocycles. The lowest BCUT2D eigenvalue weighted by molar-refractivity contribution is -0.121. The van der Waals surface area contributed by atoms with E-state index >= 15 is 0 Å². The number of rotatable bonds is 6. The predicted octanol–water partition coefficient (Wildman–Crippen LogP) is 2.90. The normalized spacial score (nSPS) is 15.1. The Bertz CT molecular complexity index is 736. The third-order valence-corrected chi connectivity index (χ3v) is 5.81. The van der Waals surface area contributed by atoms with Crippen LogP contribution in [0.2, 0.25) is 0 Å². The molecule has 9 heteroatoms. The summed E-state index contributed by atoms with van der Waals surface area (Å²) in [6.45, 7) is 4.73. The molecule has 1 N–H and O–H groups in total. The van der Waals surface area contributed by atoms with Crippen molar-refractivity contribution in [1.82, 2.24) is 15.1 Å². The fraction of sp³-hybridized carbons (Fsp3) is 0.375. The first-order valence-electron chi connectivity index (χ1n) is 7.88. The molecule has 1 fully saturated rings. The molecular formula is C16H18N4O3S2. The Balaban J connectivity index is 1.49. The van der Waals surface area contributed by atoms with Gasteiger partial charge in [-0.15, -0.1) is 16.8 Å². The first-order chi connectivity index (χ1) is 12.2. The number of thioether (sulfide) groups is 1. The number of nitrogens with zero attached hydrogens (tertiary/aromatic N) is 3. The van der Waals surface area contributed by atoms with Gasteiger partial charge in [0.1, 0.15) is 0 Å². The molecule has 0 atom stereocenters. The molecule has 2 aromatic rings. The van der Waals surface area contributed by atoms with E-state index in [2.05, 4.69) is 22.1 Å². The summed E-state index contributed by atoms with van der Waals surface area (Å²) in [5.41, 5.74) is 0. The van der Waals surface area contributed by atoms with Gasteiger partial charge in [-0.2, -0.15) is 0 Å². The van der Waals surface area contributed by atoms with E-state index in [0.29, 0.717) is 36.8 Å². The molecule has 0 bridgehead atoms. The van der Waals surface area contributed by atoms with Gasteiger partial charge in [-0.1, -0.05) is 29.2 Å². The van der Waals surface area contributed by atoms with Crippen LogP contribution in [0.3, 0.4) is 0 Å². The maximum absolute atomic E-state index is 12.4. The van der Waals surface area contributed by atoms with Gasteiger partial charge in [0.05, 0.1) is 6.26 Å². The molecule has 2 aromatic heterocycles. The van der Waals surface area contributed by atoms with Crippen LogP contribution < -0.4 is 5.32 Å². The highest BCUT2D eigenvalue weighted by molar-refractivity contribution is 8.01. The Morgan fingerprint density at radius 3 is 2.92 bits per heavy atom. The second kappa shape index (κ2) is 8.30. The number of anilines is 1. The number of carbonyl (C=O) groups is 2. The van der Waals surface area contributed by atoms with E-state index in [1.165, 1.54) is 29.4 Å². The third-order valence-electron chi connectivity index (χ3n) is 3.85. The summed E-state index contributed by atoms with van der Waals surface area (Å²) in [6.07, 6.45) is 4.52. The van der Waals surface area contributed by atoms with Gasteiger partial charge in [0.2, 0.25) is 11.0 Å². The first-order valence-corrected chi connectivity index (χ1v) is 9.68. The number of nitrogens with one attached hydrogen (secondary N) is 1. The molecule has 7 nitrogen and oxygen atoms in total. The minimum absolute atomic E-state index is 0.0680. The number of piperidine rings is 1. The Hall–Kier alpha value is -2.13. The molecular weight excluding hydrogens is 360 g/mol. The van der Waals surface area contributed by atoms with Gasteiger partial charge in [-0.25, -0.2) is 0 Å². The molecule has 1 aliphatic rings. The lowest BCUT2D eigenvalue weighted by Crippen LogP contribution is -2.41. The zero-order valence-corrected chi connectivity index (χ0v) is 15.1. The minimum atomic E-state index is -0.131. The molecule has 0 spiro atoms. The number of aromatic nitrogens is 2. The SMILES string of the molecule is C=CCSc1nnc(NC(=O)C2CCN(C(=O)c3ccco3)CC2)s1. The zero-order valence-electron chi connectivity index (χ0n) is 13.5. The third kappa shape index (κ3) is 4.49. The largest absolute Gasteiger partial charge is 0.459 e. The summed E-state index contributed by atoms with van der Waals surface area (Å²) in [6, 6.07) is 3.34. The second-order valence-electron chi connectivity index (χ2n) is 5.51. The molecule has 3 heterocycles. The lowest BCUT2D eigenvalue weighted by atomic mass is 9.96. The van der Waals surface area contributed by atoms with Crippen molar-refractivity contribution in [2.24, 2.45) is 5.92 Å². The predicted molar refractivity (Wildman–Crippen MR) is 96.8 cm³/mol. The number of amides is 2. The molecule has 1 saturated heterocycles. The van der Waals surface area contributed by atoms with E-state index in [-0.39, 0.29) is 17.7 Å². The Morgan fingerprint density at radius 1 is 1.44 bits per heavy atom. The van der Waals surface area contributed by atoms with Crippen LogP contribution >= 0.6 is 23.1 Å². The highest BCUT2D eigenvalue weighted by Crippen LogP contribution is 2.27. The van der Waals surface area contributed by atoms with Gasteiger partial charge in [-0.05, 0) is 25.0 Å². The smallest absolute Gasteiger partial charge is 0.289 e. The van der Waals surface area contributed by atoms with Crippen molar-refractivity contribution in [2.45, 2.75) is 17.2 Å². The van der Waals surface area contributed by atoms with Crippen LogP contribution in [0.25, 0.3) is 0 Å². The second-order valence-corrected chi connectivity index (χ2v) is 7.75. The van der Waals surface area contributed by atoms with Crippen molar-refractivity contribution >= 4 is 40.0 Å². The van der Waals surface area contributed by atoms with E-state index in [0.717, 1.165) is 10.1 Å². The molecule has 0 unspecified atom stereocenters. The molecule has 0 radical (unpaired) electrons. The molecule has 0 saturated carbocycles. The lowest BCUT2D eigenvalue weighted by Gasteiger charge is -2.30. The Kier molecular flexibility index (Phi) is 5.87. The molecule has 132 valence electrons. The summed E-state index contributed by atoms with van der Waals surface area (Å²) in [4.78, 5) is 26.3. The van der Waals surface area contributed by atoms with Crippen molar-refractivity contribution in [3.05, 3.63) is 36.8 Å². The van der Waals surface area contributed by atoms with Gasteiger partial charge in [0.15, 0.2) is 10.1 Å². The van der Waals surface area contributed by atoms with Crippen LogP contribution in [-0.2, 0) is 4.79 Å². The molecule has 3 rings (SSSR count). The monoisotopic (exact) mass is 378 g/mol. The average molecular weight is 378 g/mol. The topological polar surface area (TPSA) is 88.3 Å². The number of hydrogen-bond donors (Lipinski definition) is 1. The quantitative estimate of drug-likeness (QED) is 0.472. The first kappa shape index (κ1) is 17.7. The van der Waals surface area contributed by atoms with Crippen LogP contribution in [0.15, 0.2) is 39.8 Å².